The van der Waals surface area contributed by atoms with Crippen LogP contribution in [0.25, 0.3) is 99.6 Å². The molecule has 0 saturated heterocycles. The molecule has 46 heavy (non-hydrogen) atoms. The molecule has 0 atom stereocenters. The second kappa shape index (κ2) is 9.58. The molecule has 0 aliphatic heterocycles. The molecule has 0 aliphatic rings. The summed E-state index contributed by atoms with van der Waals surface area (Å²) in [5.41, 5.74) is 6.07. The van der Waals surface area contributed by atoms with E-state index in [4.69, 9.17) is 23.8 Å². The first-order chi connectivity index (χ1) is 22.8. The molecule has 10 rings (SSSR count). The van der Waals surface area contributed by atoms with E-state index in [1.165, 1.54) is 10.8 Å². The second-order valence-corrected chi connectivity index (χ2v) is 11.6. The highest BCUT2D eigenvalue weighted by molar-refractivity contribution is 6.30. The Balaban J connectivity index is 1.27. The second-order valence-electron chi connectivity index (χ2n) is 11.6. The molecule has 0 fully saturated rings. The van der Waals surface area contributed by atoms with E-state index in [1.54, 1.807) is 0 Å². The van der Waals surface area contributed by atoms with Gasteiger partial charge in [0.1, 0.15) is 22.3 Å². The molecule has 10 aromatic rings. The van der Waals surface area contributed by atoms with E-state index in [-0.39, 0.29) is 0 Å². The highest BCUT2D eigenvalue weighted by Gasteiger charge is 2.20. The van der Waals surface area contributed by atoms with Crippen molar-refractivity contribution in [2.45, 2.75) is 0 Å². The van der Waals surface area contributed by atoms with Crippen LogP contribution in [0.5, 0.6) is 0 Å². The van der Waals surface area contributed by atoms with E-state index in [2.05, 4.69) is 66.7 Å². The molecule has 0 N–H and O–H groups in total. The minimum Gasteiger partial charge on any atom is -0.456 e. The number of hydrogen-bond donors (Lipinski definition) is 0. The summed E-state index contributed by atoms with van der Waals surface area (Å²) in [6.07, 6.45) is 0. The standard InChI is InChI=1S/C41H23N3O2/c1-2-11-24(12-3-1)39-42-40(44-41(43-39)31-17-10-20-35-36(31)29-15-6-8-18-33(29)45-35)25-21-22-27-26-13-4-5-14-28(26)37-30-16-7-9-19-34(30)46-38(37)32(27)23-25/h1-23H. The Morgan fingerprint density at radius 1 is 0.348 bits per heavy atom. The van der Waals surface area contributed by atoms with Crippen LogP contribution in [0.1, 0.15) is 0 Å². The van der Waals surface area contributed by atoms with Gasteiger partial charge in [0.25, 0.3) is 0 Å². The summed E-state index contributed by atoms with van der Waals surface area (Å²) in [7, 11) is 0. The van der Waals surface area contributed by atoms with Crippen molar-refractivity contribution in [1.29, 1.82) is 0 Å². The van der Waals surface area contributed by atoms with Gasteiger partial charge >= 0.3 is 0 Å². The van der Waals surface area contributed by atoms with Crippen molar-refractivity contribution in [3.05, 3.63) is 140 Å². The van der Waals surface area contributed by atoms with Gasteiger partial charge in [-0.2, -0.15) is 0 Å². The summed E-state index contributed by atoms with van der Waals surface area (Å²) in [6, 6.07) is 47.4. The molecule has 5 nitrogen and oxygen atoms in total. The Morgan fingerprint density at radius 2 is 0.935 bits per heavy atom. The molecular formula is C41H23N3O2. The lowest BCUT2D eigenvalue weighted by molar-refractivity contribution is 0.669. The van der Waals surface area contributed by atoms with Crippen LogP contribution < -0.4 is 0 Å². The average Bonchev–Trinajstić information content (AvgIpc) is 3.71. The fourth-order valence-electron chi connectivity index (χ4n) is 6.85. The zero-order valence-electron chi connectivity index (χ0n) is 24.4. The number of para-hydroxylation sites is 2. The zero-order chi connectivity index (χ0) is 30.2. The molecule has 0 aliphatic carbocycles. The lowest BCUT2D eigenvalue weighted by atomic mass is 9.95. The van der Waals surface area contributed by atoms with Gasteiger partial charge in [-0.05, 0) is 40.4 Å². The molecule has 5 heteroatoms. The maximum Gasteiger partial charge on any atom is 0.164 e. The van der Waals surface area contributed by atoms with Gasteiger partial charge in [-0.25, -0.2) is 15.0 Å². The van der Waals surface area contributed by atoms with E-state index in [1.807, 2.05) is 72.8 Å². The Labute approximate surface area is 262 Å². The molecular weight excluding hydrogens is 566 g/mol. The normalized spacial score (nSPS) is 11.9. The molecule has 0 amide bonds. The monoisotopic (exact) mass is 589 g/mol. The Morgan fingerprint density at radius 3 is 1.74 bits per heavy atom. The van der Waals surface area contributed by atoms with Crippen LogP contribution in [-0.4, -0.2) is 15.0 Å². The van der Waals surface area contributed by atoms with Crippen molar-refractivity contribution in [2.75, 3.05) is 0 Å². The van der Waals surface area contributed by atoms with E-state index < -0.39 is 0 Å². The van der Waals surface area contributed by atoms with Gasteiger partial charge < -0.3 is 8.83 Å². The average molecular weight is 590 g/mol. The molecule has 3 aromatic heterocycles. The molecule has 3 heterocycles. The first-order valence-corrected chi connectivity index (χ1v) is 15.3. The highest BCUT2D eigenvalue weighted by Crippen LogP contribution is 2.42. The molecule has 214 valence electrons. The third kappa shape index (κ3) is 3.66. The first kappa shape index (κ1) is 25.0. The lowest BCUT2D eigenvalue weighted by Crippen LogP contribution is -2.00. The topological polar surface area (TPSA) is 65.0 Å². The number of benzene rings is 7. The maximum absolute atomic E-state index is 6.57. The molecule has 7 aromatic carbocycles. The van der Waals surface area contributed by atoms with Crippen molar-refractivity contribution in [2.24, 2.45) is 0 Å². The van der Waals surface area contributed by atoms with Crippen LogP contribution >= 0.6 is 0 Å². The van der Waals surface area contributed by atoms with Crippen molar-refractivity contribution in [1.82, 2.24) is 15.0 Å². The summed E-state index contributed by atoms with van der Waals surface area (Å²) in [5.74, 6) is 1.79. The zero-order valence-corrected chi connectivity index (χ0v) is 24.4. The third-order valence-electron chi connectivity index (χ3n) is 8.92. The van der Waals surface area contributed by atoms with E-state index in [0.29, 0.717) is 17.5 Å². The molecule has 0 radical (unpaired) electrons. The van der Waals surface area contributed by atoms with Crippen LogP contribution in [0.4, 0.5) is 0 Å². The van der Waals surface area contributed by atoms with Crippen LogP contribution in [0.2, 0.25) is 0 Å². The quantitative estimate of drug-likeness (QED) is 0.192. The van der Waals surface area contributed by atoms with Gasteiger partial charge in [0.05, 0.1) is 0 Å². The molecule has 0 bridgehead atoms. The lowest BCUT2D eigenvalue weighted by Gasteiger charge is -2.11. The third-order valence-corrected chi connectivity index (χ3v) is 8.92. The smallest absolute Gasteiger partial charge is 0.164 e. The first-order valence-electron chi connectivity index (χ1n) is 15.3. The Hall–Kier alpha value is -6.33. The fraction of sp³-hybridized carbons (Fsp3) is 0. The predicted octanol–water partition coefficient (Wildman–Crippen LogP) is 11.0. The number of nitrogens with zero attached hydrogens (tertiary/aromatic N) is 3. The van der Waals surface area contributed by atoms with E-state index >= 15 is 0 Å². The Kier molecular flexibility index (Phi) is 5.22. The maximum atomic E-state index is 6.57. The van der Waals surface area contributed by atoms with Crippen LogP contribution in [0.3, 0.4) is 0 Å². The van der Waals surface area contributed by atoms with Crippen molar-refractivity contribution in [3.8, 4) is 34.2 Å². The number of hydrogen-bond acceptors (Lipinski definition) is 5. The number of rotatable bonds is 3. The van der Waals surface area contributed by atoms with Crippen LogP contribution in [0, 0.1) is 0 Å². The van der Waals surface area contributed by atoms with Gasteiger partial charge in [0, 0.05) is 43.6 Å². The highest BCUT2D eigenvalue weighted by atomic mass is 16.3. The minimum absolute atomic E-state index is 0.591. The largest absolute Gasteiger partial charge is 0.456 e. The summed E-state index contributed by atoms with van der Waals surface area (Å²) in [6.45, 7) is 0. The van der Waals surface area contributed by atoms with Gasteiger partial charge in [-0.15, -0.1) is 0 Å². The predicted molar refractivity (Wildman–Crippen MR) is 186 cm³/mol. The van der Waals surface area contributed by atoms with Crippen LogP contribution in [0.15, 0.2) is 148 Å². The fourth-order valence-corrected chi connectivity index (χ4v) is 6.85. The van der Waals surface area contributed by atoms with Crippen molar-refractivity contribution in [3.63, 3.8) is 0 Å². The van der Waals surface area contributed by atoms with Crippen molar-refractivity contribution < 1.29 is 8.83 Å². The number of aromatic nitrogens is 3. The SMILES string of the molecule is c1ccc(-c2nc(-c3ccc4c5ccccc5c5c6ccccc6oc5c4c3)nc(-c3cccc4oc5ccccc5c34)n2)cc1. The van der Waals surface area contributed by atoms with Crippen molar-refractivity contribution >= 4 is 65.4 Å². The number of furan rings is 2. The van der Waals surface area contributed by atoms with Gasteiger partial charge in [-0.1, -0.05) is 115 Å². The van der Waals surface area contributed by atoms with Crippen LogP contribution in [-0.2, 0) is 0 Å². The van der Waals surface area contributed by atoms with Gasteiger partial charge in [-0.3, -0.25) is 0 Å². The van der Waals surface area contributed by atoms with E-state index in [9.17, 15) is 0 Å². The summed E-state index contributed by atoms with van der Waals surface area (Å²) >= 11 is 0. The molecule has 0 unspecified atom stereocenters. The molecule has 0 spiro atoms. The van der Waals surface area contributed by atoms with Gasteiger partial charge in [0.2, 0.25) is 0 Å². The number of fused-ring (bicyclic) bond motifs is 11. The Bertz CT molecular complexity index is 2810. The molecule has 0 saturated carbocycles. The summed E-state index contributed by atoms with van der Waals surface area (Å²) in [4.78, 5) is 15.2. The van der Waals surface area contributed by atoms with E-state index in [0.717, 1.165) is 71.3 Å². The summed E-state index contributed by atoms with van der Waals surface area (Å²) in [5, 5.41) is 8.75. The van der Waals surface area contributed by atoms with Gasteiger partial charge in [0.15, 0.2) is 17.5 Å². The summed E-state index contributed by atoms with van der Waals surface area (Å²) < 4.78 is 12.8. The minimum atomic E-state index is 0.591.